The van der Waals surface area contributed by atoms with Crippen molar-refractivity contribution in [3.63, 3.8) is 0 Å². The Labute approximate surface area is 193 Å². The van der Waals surface area contributed by atoms with E-state index in [1.165, 1.54) is 0 Å². The second kappa shape index (κ2) is 11.2. The summed E-state index contributed by atoms with van der Waals surface area (Å²) in [6.45, 7) is 14.4. The third kappa shape index (κ3) is 6.84. The number of nitrogens with zero attached hydrogens (tertiary/aromatic N) is 1. The molecule has 0 bridgehead atoms. The molecular weight excluding hydrogens is 400 g/mol. The molecule has 174 valence electrons. The van der Waals surface area contributed by atoms with Crippen LogP contribution in [-0.2, 0) is 21.5 Å². The maximum Gasteiger partial charge on any atom is 0.261 e. The van der Waals surface area contributed by atoms with Gasteiger partial charge in [0.2, 0.25) is 5.91 Å². The highest BCUT2D eigenvalue weighted by atomic mass is 16.5. The Morgan fingerprint density at radius 1 is 1.03 bits per heavy atom. The van der Waals surface area contributed by atoms with Gasteiger partial charge in [-0.15, -0.1) is 0 Å². The van der Waals surface area contributed by atoms with E-state index in [1.807, 2.05) is 76.2 Å². The van der Waals surface area contributed by atoms with Crippen LogP contribution in [0.25, 0.3) is 0 Å². The lowest BCUT2D eigenvalue weighted by molar-refractivity contribution is -0.143. The van der Waals surface area contributed by atoms with Crippen LogP contribution < -0.4 is 10.1 Å². The van der Waals surface area contributed by atoms with Crippen LogP contribution in [-0.4, -0.2) is 35.4 Å². The Kier molecular flexibility index (Phi) is 8.88. The summed E-state index contributed by atoms with van der Waals surface area (Å²) in [6.07, 6.45) is 0.523. The molecule has 5 nitrogen and oxygen atoms in total. The van der Waals surface area contributed by atoms with E-state index in [9.17, 15) is 9.59 Å². The van der Waals surface area contributed by atoms with Crippen LogP contribution in [0.15, 0.2) is 48.5 Å². The topological polar surface area (TPSA) is 58.6 Å². The number of benzene rings is 2. The molecule has 2 aromatic carbocycles. The average molecular weight is 439 g/mol. The summed E-state index contributed by atoms with van der Waals surface area (Å²) in [5.41, 5.74) is 3.04. The van der Waals surface area contributed by atoms with Gasteiger partial charge in [-0.3, -0.25) is 9.59 Å². The van der Waals surface area contributed by atoms with E-state index in [0.29, 0.717) is 18.7 Å². The zero-order valence-corrected chi connectivity index (χ0v) is 20.6. The fourth-order valence-electron chi connectivity index (χ4n) is 3.71. The number of hydrogen-bond acceptors (Lipinski definition) is 3. The first-order valence-electron chi connectivity index (χ1n) is 11.4. The van der Waals surface area contributed by atoms with Crippen LogP contribution in [0.2, 0.25) is 0 Å². The zero-order valence-electron chi connectivity index (χ0n) is 20.6. The number of hydrogen-bond donors (Lipinski definition) is 1. The van der Waals surface area contributed by atoms with Gasteiger partial charge in [0.15, 0.2) is 6.61 Å². The van der Waals surface area contributed by atoms with Crippen molar-refractivity contribution < 1.29 is 14.3 Å². The first-order chi connectivity index (χ1) is 15.0. The third-order valence-electron chi connectivity index (χ3n) is 5.47. The van der Waals surface area contributed by atoms with Crippen molar-refractivity contribution in [1.82, 2.24) is 10.2 Å². The number of aryl methyl sites for hydroxylation is 1. The van der Waals surface area contributed by atoms with Gasteiger partial charge in [0, 0.05) is 12.6 Å². The van der Waals surface area contributed by atoms with Gasteiger partial charge in [0.05, 0.1) is 0 Å². The molecule has 0 aliphatic heterocycles. The second-order valence-electron chi connectivity index (χ2n) is 9.57. The lowest BCUT2D eigenvalue weighted by Gasteiger charge is -2.32. The van der Waals surface area contributed by atoms with E-state index in [-0.39, 0.29) is 29.9 Å². The summed E-state index contributed by atoms with van der Waals surface area (Å²) < 4.78 is 6.01. The lowest BCUT2D eigenvalue weighted by Crippen LogP contribution is -2.51. The van der Waals surface area contributed by atoms with Crippen LogP contribution in [0.1, 0.15) is 64.7 Å². The number of ether oxygens (including phenoxy) is 1. The molecule has 2 aromatic rings. The maximum absolute atomic E-state index is 13.4. The normalized spacial score (nSPS) is 12.4. The first kappa shape index (κ1) is 25.4. The Bertz CT molecular complexity index is 915. The fourth-order valence-corrected chi connectivity index (χ4v) is 3.71. The molecule has 0 radical (unpaired) electrons. The summed E-state index contributed by atoms with van der Waals surface area (Å²) in [4.78, 5) is 28.0. The number of nitrogens with one attached hydrogen (secondary N) is 1. The highest BCUT2D eigenvalue weighted by molar-refractivity contribution is 5.88. The summed E-state index contributed by atoms with van der Waals surface area (Å²) in [5.74, 6) is 0.353. The van der Waals surface area contributed by atoms with Gasteiger partial charge in [0.1, 0.15) is 11.8 Å². The molecule has 5 heteroatoms. The van der Waals surface area contributed by atoms with Gasteiger partial charge in [0.25, 0.3) is 5.91 Å². The lowest BCUT2D eigenvalue weighted by atomic mass is 9.86. The summed E-state index contributed by atoms with van der Waals surface area (Å²) in [7, 11) is 0. The molecule has 2 rings (SSSR count). The summed E-state index contributed by atoms with van der Waals surface area (Å²) >= 11 is 0. The molecule has 0 aliphatic rings. The molecule has 0 saturated carbocycles. The van der Waals surface area contributed by atoms with Crippen molar-refractivity contribution in [1.29, 1.82) is 0 Å². The van der Waals surface area contributed by atoms with Gasteiger partial charge < -0.3 is 15.0 Å². The molecule has 32 heavy (non-hydrogen) atoms. The Hall–Kier alpha value is -2.82. The molecule has 0 heterocycles. The predicted octanol–water partition coefficient (Wildman–Crippen LogP) is 5.00. The molecule has 0 saturated heterocycles. The van der Waals surface area contributed by atoms with E-state index in [4.69, 9.17) is 4.74 Å². The standard InChI is InChI=1S/C27H38N2O3/c1-8-23(26(31)28-19(2)3)29(17-21-14-10-9-13-20(21)4)25(30)18-32-24-16-12-11-15-22(24)27(5,6)7/h9-16,19,23H,8,17-18H2,1-7H3,(H,28,31)/t23-/m1/s1. The summed E-state index contributed by atoms with van der Waals surface area (Å²) in [6, 6.07) is 15.2. The van der Waals surface area contributed by atoms with Gasteiger partial charge in [-0.2, -0.15) is 0 Å². The van der Waals surface area contributed by atoms with Gasteiger partial charge in [-0.25, -0.2) is 0 Å². The predicted molar refractivity (Wildman–Crippen MR) is 130 cm³/mol. The van der Waals surface area contributed by atoms with Crippen LogP contribution in [0.3, 0.4) is 0 Å². The maximum atomic E-state index is 13.4. The Morgan fingerprint density at radius 3 is 2.25 bits per heavy atom. The zero-order chi connectivity index (χ0) is 23.9. The molecule has 0 unspecified atom stereocenters. The number of carbonyl (C=O) groups excluding carboxylic acids is 2. The third-order valence-corrected chi connectivity index (χ3v) is 5.47. The summed E-state index contributed by atoms with van der Waals surface area (Å²) in [5, 5.41) is 2.96. The van der Waals surface area contributed by atoms with Gasteiger partial charge >= 0.3 is 0 Å². The van der Waals surface area contributed by atoms with Crippen molar-refractivity contribution in [2.45, 2.75) is 78.9 Å². The van der Waals surface area contributed by atoms with Crippen LogP contribution in [0.5, 0.6) is 5.75 Å². The molecule has 2 amide bonds. The van der Waals surface area contributed by atoms with Crippen molar-refractivity contribution in [2.24, 2.45) is 0 Å². The Balaban J connectivity index is 2.29. The molecule has 1 atom stereocenters. The minimum Gasteiger partial charge on any atom is -0.483 e. The molecular formula is C27H38N2O3. The smallest absolute Gasteiger partial charge is 0.261 e. The number of rotatable bonds is 9. The van der Waals surface area contributed by atoms with Crippen LogP contribution in [0, 0.1) is 6.92 Å². The van der Waals surface area contributed by atoms with E-state index < -0.39 is 6.04 Å². The van der Waals surface area contributed by atoms with Crippen LogP contribution >= 0.6 is 0 Å². The van der Waals surface area contributed by atoms with E-state index in [2.05, 4.69) is 26.1 Å². The van der Waals surface area contributed by atoms with Crippen molar-refractivity contribution in [3.8, 4) is 5.75 Å². The van der Waals surface area contributed by atoms with E-state index in [1.54, 1.807) is 4.90 Å². The minimum atomic E-state index is -0.564. The minimum absolute atomic E-state index is 0.00174. The van der Waals surface area contributed by atoms with Crippen molar-refractivity contribution in [2.75, 3.05) is 6.61 Å². The molecule has 0 aromatic heterocycles. The van der Waals surface area contributed by atoms with Crippen molar-refractivity contribution >= 4 is 11.8 Å². The highest BCUT2D eigenvalue weighted by Crippen LogP contribution is 2.31. The SMILES string of the molecule is CC[C@H](C(=O)NC(C)C)N(Cc1ccccc1C)C(=O)COc1ccccc1C(C)(C)C. The van der Waals surface area contributed by atoms with E-state index >= 15 is 0 Å². The largest absolute Gasteiger partial charge is 0.483 e. The monoisotopic (exact) mass is 438 g/mol. The molecule has 1 N–H and O–H groups in total. The van der Waals surface area contributed by atoms with Gasteiger partial charge in [-0.1, -0.05) is 70.2 Å². The Morgan fingerprint density at radius 2 is 1.66 bits per heavy atom. The van der Waals surface area contributed by atoms with Crippen LogP contribution in [0.4, 0.5) is 0 Å². The number of amides is 2. The fraction of sp³-hybridized carbons (Fsp3) is 0.481. The number of para-hydroxylation sites is 1. The van der Waals surface area contributed by atoms with Crippen molar-refractivity contribution in [3.05, 3.63) is 65.2 Å². The second-order valence-corrected chi connectivity index (χ2v) is 9.57. The first-order valence-corrected chi connectivity index (χ1v) is 11.4. The number of carbonyl (C=O) groups is 2. The van der Waals surface area contributed by atoms with Gasteiger partial charge in [-0.05, 0) is 55.4 Å². The molecule has 0 spiro atoms. The average Bonchev–Trinajstić information content (AvgIpc) is 2.72. The highest BCUT2D eigenvalue weighted by Gasteiger charge is 2.30. The molecule has 0 aliphatic carbocycles. The quantitative estimate of drug-likeness (QED) is 0.599. The molecule has 0 fully saturated rings. The van der Waals surface area contributed by atoms with E-state index in [0.717, 1.165) is 16.7 Å².